The first kappa shape index (κ1) is 50.4. The number of carboxylic acids is 1. The molecule has 2 aromatic carbocycles. The Labute approximate surface area is 376 Å². The van der Waals surface area contributed by atoms with Crippen LogP contribution in [0, 0.1) is 12.7 Å². The average Bonchev–Trinajstić information content (AvgIpc) is 3.81. The molecule has 0 fully saturated rings. The molecule has 4 heterocycles. The van der Waals surface area contributed by atoms with E-state index in [9.17, 15) is 31.8 Å². The maximum atomic E-state index is 14.3. The number of hydrogen-bond donors (Lipinski definition) is 4. The minimum Gasteiger partial charge on any atom is -0.481 e. The fourth-order valence-electron chi connectivity index (χ4n) is 5.03. The molecule has 0 amide bonds. The van der Waals surface area contributed by atoms with E-state index >= 15 is 0 Å². The number of aliphatic carboxylic acids is 1. The van der Waals surface area contributed by atoms with Crippen molar-refractivity contribution in [1.82, 2.24) is 28.9 Å². The third-order valence-corrected chi connectivity index (χ3v) is 13.6. The van der Waals surface area contributed by atoms with Crippen molar-refractivity contribution in [3.8, 4) is 11.8 Å². The van der Waals surface area contributed by atoms with Crippen LogP contribution in [0.15, 0.2) is 50.2 Å². The third-order valence-electron chi connectivity index (χ3n) is 8.27. The van der Waals surface area contributed by atoms with Gasteiger partial charge in [0.2, 0.25) is 16.6 Å². The molecule has 0 radical (unpaired) electrons. The summed E-state index contributed by atoms with van der Waals surface area (Å²) >= 11 is 20.4. The molecule has 6 rings (SSSR count). The number of sulfonamides is 1. The smallest absolute Gasteiger partial charge is 0.325 e. The molecule has 1 aliphatic heterocycles. The number of hydrogen-bond acceptors (Lipinski definition) is 16. The van der Waals surface area contributed by atoms with E-state index in [1.54, 1.807) is 22.4 Å². The highest BCUT2D eigenvalue weighted by molar-refractivity contribution is 8.00. The first-order chi connectivity index (χ1) is 29.1. The van der Waals surface area contributed by atoms with Crippen molar-refractivity contribution in [3.63, 3.8) is 0 Å². The number of rotatable bonds is 13. The van der Waals surface area contributed by atoms with Crippen LogP contribution < -0.4 is 29.6 Å². The number of carbonyl (C=O) groups is 2. The fourth-order valence-corrected chi connectivity index (χ4v) is 9.32. The molecule has 0 spiro atoms. The number of benzene rings is 2. The van der Waals surface area contributed by atoms with Gasteiger partial charge in [-0.05, 0) is 61.3 Å². The van der Waals surface area contributed by atoms with Crippen molar-refractivity contribution in [2.45, 2.75) is 55.4 Å². The summed E-state index contributed by atoms with van der Waals surface area (Å²) in [4.78, 5) is 55.3. The molecular formula is C34H40Cl3FN9O11PS3. The molecule has 5 N–H and O–H groups in total. The van der Waals surface area contributed by atoms with Crippen molar-refractivity contribution in [2.75, 3.05) is 44.6 Å². The van der Waals surface area contributed by atoms with Gasteiger partial charge in [-0.3, -0.25) is 28.4 Å². The Kier molecular flexibility index (Phi) is 17.8. The number of esters is 1. The minimum absolute atomic E-state index is 0.0111. The number of halogens is 4. The Hall–Kier alpha value is -4.26. The van der Waals surface area contributed by atoms with Gasteiger partial charge in [-0.15, -0.1) is 16.9 Å². The number of carbonyl (C=O) groups excluding carboxylic acids is 1. The van der Waals surface area contributed by atoms with Crippen LogP contribution in [0.3, 0.4) is 0 Å². The van der Waals surface area contributed by atoms with Crippen molar-refractivity contribution in [1.29, 1.82) is 0 Å². The lowest BCUT2D eigenvalue weighted by atomic mass is 10.2. The van der Waals surface area contributed by atoms with E-state index < -0.39 is 46.3 Å². The van der Waals surface area contributed by atoms with Crippen LogP contribution >= 0.6 is 65.3 Å². The summed E-state index contributed by atoms with van der Waals surface area (Å²) in [5, 5.41) is 12.2. The highest BCUT2D eigenvalue weighted by Gasteiger charge is 2.26. The second-order valence-electron chi connectivity index (χ2n) is 12.9. The predicted molar refractivity (Wildman–Crippen MR) is 232 cm³/mol. The van der Waals surface area contributed by atoms with Gasteiger partial charge >= 0.3 is 16.8 Å². The number of nitrogens with one attached hydrogen (secondary N) is 1. The normalized spacial score (nSPS) is 14.0. The van der Waals surface area contributed by atoms with E-state index in [2.05, 4.69) is 29.5 Å². The van der Waals surface area contributed by atoms with Crippen LogP contribution in [0.4, 0.5) is 15.8 Å². The van der Waals surface area contributed by atoms with Crippen LogP contribution in [-0.4, -0.2) is 105 Å². The van der Waals surface area contributed by atoms with E-state index in [0.717, 1.165) is 46.5 Å². The second kappa shape index (κ2) is 21.9. The first-order valence-electron chi connectivity index (χ1n) is 17.7. The Morgan fingerprint density at radius 3 is 2.39 bits per heavy atom. The lowest BCUT2D eigenvalue weighted by Gasteiger charge is -2.15. The molecule has 3 aromatic heterocycles. The van der Waals surface area contributed by atoms with Crippen molar-refractivity contribution >= 4 is 104 Å². The Morgan fingerprint density at radius 1 is 1.10 bits per heavy atom. The van der Waals surface area contributed by atoms with Crippen LogP contribution in [0.2, 0.25) is 15.1 Å². The topological polar surface area (TPSA) is 274 Å². The fraction of sp³-hybridized carbons (Fsp3) is 0.382. The van der Waals surface area contributed by atoms with Crippen LogP contribution in [0.5, 0.6) is 11.8 Å². The summed E-state index contributed by atoms with van der Waals surface area (Å²) in [6, 6.07) is 6.27. The van der Waals surface area contributed by atoms with Crippen LogP contribution in [0.25, 0.3) is 5.78 Å². The standard InChI is InChI=1S/C15H15ClFN3O3S2.C14H13Cl2N5O4S.C5H12NO4P/c1-23-13(21)8-24-12-7-11(10(17)6-9(12)16)18-14-19-4-2-3-5-20(19)15(22)25-14;1-7-4-5-8(15)12(11(7)16)20-26(22,23)14-18-13-17-9(24-2)6-10(25-3)21(13)19-14;1-11(9,10)3-2-4(6)5(7)8/h6-7H,2-5,8H2,1H3;4-6,20H,1-3H3;4H,2-3,6H2,1H3,(H,7,8)(H,9,10). The zero-order valence-corrected chi connectivity index (χ0v) is 39.0. The molecular weight excluding hydrogens is 963 g/mol. The lowest BCUT2D eigenvalue weighted by molar-refractivity contribution is -0.139. The highest BCUT2D eigenvalue weighted by Crippen LogP contribution is 2.36. The first-order valence-corrected chi connectivity index (χ1v) is 24.4. The predicted octanol–water partition coefficient (Wildman–Crippen LogP) is 5.04. The van der Waals surface area contributed by atoms with Gasteiger partial charge in [0.15, 0.2) is 7.37 Å². The SMILES string of the molecule is COC(=O)CSc1cc(N=c2sc(=O)n3n2CCCC3)c(F)cc1Cl.COc1cc(OC)n2nc(S(=O)(=O)Nc3c(Cl)ccc(C)c3Cl)nc2n1.CP(=O)(O)CCC(N)C(=O)O. The largest absolute Gasteiger partial charge is 0.481 e. The van der Waals surface area contributed by atoms with E-state index in [1.165, 1.54) is 46.2 Å². The number of thioether (sulfide) groups is 1. The molecule has 1 aliphatic rings. The molecule has 20 nitrogen and oxygen atoms in total. The quantitative estimate of drug-likeness (QED) is 0.0683. The maximum absolute atomic E-state index is 14.3. The number of aryl methyl sites for hydroxylation is 1. The minimum atomic E-state index is -4.18. The van der Waals surface area contributed by atoms with E-state index in [-0.39, 0.29) is 67.2 Å². The number of nitrogens with zero attached hydrogens (tertiary/aromatic N) is 7. The number of carboxylic acid groups (broad SMARTS) is 1. The third kappa shape index (κ3) is 13.4. The number of aromatic nitrogens is 6. The van der Waals surface area contributed by atoms with E-state index in [4.69, 9.17) is 60.0 Å². The molecule has 62 heavy (non-hydrogen) atoms. The molecule has 28 heteroatoms. The zero-order valence-electron chi connectivity index (χ0n) is 33.4. The molecule has 0 saturated carbocycles. The molecule has 2 unspecified atom stereocenters. The van der Waals surface area contributed by atoms with Gasteiger partial charge in [0.25, 0.3) is 21.0 Å². The summed E-state index contributed by atoms with van der Waals surface area (Å²) in [5.41, 5.74) is 5.88. The summed E-state index contributed by atoms with van der Waals surface area (Å²) in [7, 11) is -3.18. The number of fused-ring (bicyclic) bond motifs is 2. The summed E-state index contributed by atoms with van der Waals surface area (Å²) < 4.78 is 71.9. The van der Waals surface area contributed by atoms with Crippen molar-refractivity contribution in [2.24, 2.45) is 10.7 Å². The van der Waals surface area contributed by atoms with Gasteiger partial charge in [0, 0.05) is 30.8 Å². The van der Waals surface area contributed by atoms with Gasteiger partial charge in [0.05, 0.1) is 53.9 Å². The molecule has 338 valence electrons. The van der Waals surface area contributed by atoms with E-state index in [0.29, 0.717) is 28.3 Å². The molecule has 0 saturated heterocycles. The van der Waals surface area contributed by atoms with Crippen LogP contribution in [-0.2, 0) is 42.0 Å². The number of methoxy groups -OCH3 is 3. The summed E-state index contributed by atoms with van der Waals surface area (Å²) in [5.74, 6) is -1.68. The van der Waals surface area contributed by atoms with Gasteiger partial charge in [-0.1, -0.05) is 40.9 Å². The number of ether oxygens (including phenoxy) is 3. The van der Waals surface area contributed by atoms with Crippen molar-refractivity contribution in [3.05, 3.63) is 71.2 Å². The zero-order chi connectivity index (χ0) is 46.1. The monoisotopic (exact) mass is 1000 g/mol. The maximum Gasteiger partial charge on any atom is 0.325 e. The van der Waals surface area contributed by atoms with Crippen molar-refractivity contribution < 1.29 is 51.2 Å². The van der Waals surface area contributed by atoms with Crippen LogP contribution in [0.1, 0.15) is 24.8 Å². The molecule has 2 atom stereocenters. The molecule has 0 aliphatic carbocycles. The second-order valence-corrected chi connectivity index (χ2v) is 20.2. The van der Waals surface area contributed by atoms with Gasteiger partial charge in [-0.2, -0.15) is 22.9 Å². The Balaban J connectivity index is 0.000000221. The summed E-state index contributed by atoms with van der Waals surface area (Å²) in [6.45, 7) is 4.23. The highest BCUT2D eigenvalue weighted by atomic mass is 35.5. The van der Waals surface area contributed by atoms with Gasteiger partial charge in [-0.25, -0.2) is 14.1 Å². The molecule has 0 bridgehead atoms. The summed E-state index contributed by atoms with van der Waals surface area (Å²) in [6.07, 6.45) is 1.90. The average molecular weight is 1000 g/mol. The molecule has 5 aromatic rings. The number of nitrogens with two attached hydrogens (primary N) is 1. The Bertz CT molecular complexity index is 2750. The number of anilines is 1. The lowest BCUT2D eigenvalue weighted by Crippen LogP contribution is -2.31. The van der Waals surface area contributed by atoms with Gasteiger partial charge in [0.1, 0.15) is 17.5 Å². The van der Waals surface area contributed by atoms with Gasteiger partial charge < -0.3 is 29.9 Å². The van der Waals surface area contributed by atoms with E-state index in [1.807, 2.05) is 0 Å². The Morgan fingerprint density at radius 2 is 1.77 bits per heavy atom.